The zero-order valence-corrected chi connectivity index (χ0v) is 80.6. The predicted octanol–water partition coefficient (Wildman–Crippen LogP) is 19.0. The van der Waals surface area contributed by atoms with Gasteiger partial charge < -0.3 is 72.4 Å². The van der Waals surface area contributed by atoms with Gasteiger partial charge in [-0.2, -0.15) is 0 Å². The second kappa shape index (κ2) is 41.1. The largest absolute Gasteiger partial charge is 0.495 e. The molecule has 22 nitrogen and oxygen atoms in total. The number of fused-ring (bicyclic) bond motifs is 12. The van der Waals surface area contributed by atoms with Gasteiger partial charge in [-0.3, -0.25) is 28.8 Å². The summed E-state index contributed by atoms with van der Waals surface area (Å²) in [5.74, 6) is 3.09. The van der Waals surface area contributed by atoms with Crippen LogP contribution in [0.15, 0.2) is 206 Å². The Morgan fingerprint density at radius 3 is 0.891 bits per heavy atom. The van der Waals surface area contributed by atoms with Gasteiger partial charge in [-0.25, -0.2) is 9.37 Å². The number of likely N-dealkylation sites (tertiary alicyclic amines) is 6. The van der Waals surface area contributed by atoms with Gasteiger partial charge in [0.05, 0.1) is 97.2 Å². The molecule has 24 rings (SSSR count). The van der Waals surface area contributed by atoms with Crippen LogP contribution in [0.1, 0.15) is 246 Å². The zero-order valence-electron chi connectivity index (χ0n) is 80.6. The number of pyridine rings is 1. The molecule has 6 saturated heterocycles. The molecule has 0 N–H and O–H groups in total. The Bertz CT molecular complexity index is 5800. The SMILES string of the molecule is CN(C)c1ccc(C(=O)N2CCC3(CC2)OCc2ccccc23)cn1.COc1cc(C(=O)N2CCC3(CC2)OCc2ccccc23)ccc1N(C)C.O=C(C1CC1)N1CCC2(CC1)OCc1ccccc12.O=C(C1CCCC1)N1CCC2(CC1)OCc1ccccc12.O=C(C1CCCCC1)N1CCC2(CC1)OCc1ccccc12.O=C(c1ccccc1F)N1CCC2(CC1)OCc1ccccc12. The molecule has 6 amide bonds. The number of benzene rings is 8. The maximum absolute atomic E-state index is 13.8. The maximum Gasteiger partial charge on any atom is 0.256 e. The van der Waals surface area contributed by atoms with E-state index in [2.05, 4.69) is 148 Å². The van der Waals surface area contributed by atoms with Crippen LogP contribution in [0.3, 0.4) is 0 Å². The summed E-state index contributed by atoms with van der Waals surface area (Å²) in [7, 11) is 9.43. The van der Waals surface area contributed by atoms with Crippen LogP contribution in [-0.2, 0) is 116 Å². The quantitative estimate of drug-likeness (QED) is 0.132. The number of piperidine rings is 6. The third-order valence-corrected chi connectivity index (χ3v) is 32.3. The number of halogens is 1. The van der Waals surface area contributed by atoms with Crippen LogP contribution in [0.4, 0.5) is 15.9 Å². The first-order valence-electron chi connectivity index (χ1n) is 50.5. The standard InChI is InChI=1S/C22H26N2O3.C20H23N3O2.C19H18FNO2.C19H25NO2.C18H23NO2.C16H19NO2/c1-23(2)19-9-8-16(14-20(19)26-3)21(25)24-12-10-22(11-13-24)18-7-5-4-6-17(18)15-27-22;1-22(2)18-8-7-15(13-21-18)19(24)23-11-9-20(10-12-23)17-6-4-3-5-16(17)14-25-20;20-17-8-4-2-6-15(17)18(22)21-11-9-19(10-12-21)16-7-3-1-5-14(16)13-23-19;21-18(15-6-2-1-3-7-15)20-12-10-19(11-13-20)17-9-5-4-8-16(17)14-22-19;20-17(14-5-1-2-6-14)19-11-9-18(10-12-19)16-8-4-3-7-15(16)13-21-18;18-15(12-5-6-12)17-9-7-16(8-10-17)14-4-2-1-3-13(14)11-19-16/h4-9,14H,10-13,15H2,1-3H3;3-8,13H,9-12,14H2,1-2H3;1-8H,9-13H2;4-5,8-9,15H,1-3,6-7,10-14H2;3-4,7-8,14H,1-2,5-6,9-13H2;1-4,12H,5-11H2. The highest BCUT2D eigenvalue weighted by Gasteiger charge is 2.51. The molecule has 23 heteroatoms. The summed E-state index contributed by atoms with van der Waals surface area (Å²) in [5.41, 5.74) is 17.1. The van der Waals surface area contributed by atoms with Crippen LogP contribution >= 0.6 is 0 Å². The van der Waals surface area contributed by atoms with Crippen LogP contribution in [0.5, 0.6) is 5.75 Å². The minimum atomic E-state index is -0.458. The first-order chi connectivity index (χ1) is 66.7. The molecule has 3 saturated carbocycles. The fraction of sp³-hybridized carbons (Fsp3) is 0.482. The second-order valence-corrected chi connectivity index (χ2v) is 40.6. The molecule has 15 aliphatic rings. The third kappa shape index (κ3) is 19.7. The Labute approximate surface area is 806 Å². The van der Waals surface area contributed by atoms with Gasteiger partial charge >= 0.3 is 0 Å². The molecule has 9 aromatic rings. The van der Waals surface area contributed by atoms with E-state index in [9.17, 15) is 33.2 Å². The van der Waals surface area contributed by atoms with E-state index in [0.717, 1.165) is 186 Å². The van der Waals surface area contributed by atoms with Crippen LogP contribution in [0, 0.1) is 23.6 Å². The summed E-state index contributed by atoms with van der Waals surface area (Å²) in [4.78, 5) is 95.7. The summed E-state index contributed by atoms with van der Waals surface area (Å²) in [5, 5.41) is 0. The minimum absolute atomic E-state index is 0.0546. The highest BCUT2D eigenvalue weighted by molar-refractivity contribution is 5.96. The van der Waals surface area contributed by atoms with Gasteiger partial charge in [-0.05, 0) is 225 Å². The van der Waals surface area contributed by atoms with Gasteiger partial charge in [-0.1, -0.05) is 190 Å². The monoisotopic (exact) mass is 1860 g/mol. The topological polar surface area (TPSA) is 206 Å². The van der Waals surface area contributed by atoms with Crippen molar-refractivity contribution in [2.75, 3.05) is 124 Å². The zero-order chi connectivity index (χ0) is 94.5. The van der Waals surface area contributed by atoms with E-state index in [1.807, 2.05) is 95.2 Å². The van der Waals surface area contributed by atoms with Crippen molar-refractivity contribution in [3.63, 3.8) is 0 Å². The van der Waals surface area contributed by atoms with Gasteiger partial charge in [0.1, 0.15) is 17.4 Å². The average molecular weight is 1860 g/mol. The van der Waals surface area contributed by atoms with Crippen molar-refractivity contribution in [2.45, 2.75) is 221 Å². The third-order valence-electron chi connectivity index (χ3n) is 32.3. The number of amides is 6. The molecule has 9 fully saturated rings. The molecule has 0 atom stereocenters. The van der Waals surface area contributed by atoms with E-state index in [1.54, 1.807) is 36.4 Å². The van der Waals surface area contributed by atoms with Crippen molar-refractivity contribution in [3.8, 4) is 5.75 Å². The molecule has 12 aliphatic heterocycles. The van der Waals surface area contributed by atoms with Gasteiger partial charge in [0.25, 0.3) is 17.7 Å². The average Bonchev–Trinajstić information content (AvgIpc) is 1.66. The summed E-state index contributed by atoms with van der Waals surface area (Å²) in [6.45, 7) is 13.3. The molecule has 0 unspecified atom stereocenters. The van der Waals surface area contributed by atoms with Crippen LogP contribution < -0.4 is 14.5 Å². The molecule has 137 heavy (non-hydrogen) atoms. The molecule has 8 aromatic carbocycles. The molecule has 720 valence electrons. The molecular formula is C114H134FN9O13. The van der Waals surface area contributed by atoms with E-state index < -0.39 is 5.82 Å². The highest BCUT2D eigenvalue weighted by atomic mass is 19.1. The van der Waals surface area contributed by atoms with E-state index in [1.165, 1.54) is 105 Å². The van der Waals surface area contributed by atoms with Crippen molar-refractivity contribution in [1.29, 1.82) is 0 Å². The summed E-state index contributed by atoms with van der Waals surface area (Å²) in [6.07, 6.45) is 25.0. The highest BCUT2D eigenvalue weighted by Crippen LogP contribution is 2.52. The van der Waals surface area contributed by atoms with Gasteiger partial charge in [-0.15, -0.1) is 0 Å². The molecular weight excluding hydrogens is 1720 g/mol. The number of hydrogen-bond donors (Lipinski definition) is 0. The van der Waals surface area contributed by atoms with Crippen LogP contribution in [-0.4, -0.2) is 184 Å². The van der Waals surface area contributed by atoms with Crippen molar-refractivity contribution in [2.24, 2.45) is 17.8 Å². The normalized spacial score (nSPS) is 21.1. The smallest absolute Gasteiger partial charge is 0.256 e. The molecule has 0 radical (unpaired) electrons. The fourth-order valence-corrected chi connectivity index (χ4v) is 24.0. The number of carbonyl (C=O) groups is 6. The lowest BCUT2D eigenvalue weighted by atomic mass is 9.82. The van der Waals surface area contributed by atoms with Crippen LogP contribution in [0.25, 0.3) is 0 Å². The molecule has 0 bridgehead atoms. The van der Waals surface area contributed by atoms with E-state index in [4.69, 9.17) is 33.2 Å². The van der Waals surface area contributed by atoms with E-state index in [0.29, 0.717) is 111 Å². The Balaban J connectivity index is 0.000000106. The fourth-order valence-electron chi connectivity index (χ4n) is 24.0. The van der Waals surface area contributed by atoms with Crippen molar-refractivity contribution in [3.05, 3.63) is 296 Å². The van der Waals surface area contributed by atoms with E-state index >= 15 is 0 Å². The van der Waals surface area contributed by atoms with Gasteiger partial charge in [0, 0.05) is 136 Å². The molecule has 1 aromatic heterocycles. The number of rotatable bonds is 9. The number of ether oxygens (including phenoxy) is 7. The number of aromatic nitrogens is 1. The first kappa shape index (κ1) is 94.8. The van der Waals surface area contributed by atoms with Crippen molar-refractivity contribution in [1.82, 2.24) is 34.4 Å². The minimum Gasteiger partial charge on any atom is -0.495 e. The molecule has 13 heterocycles. The molecule has 6 spiro atoms. The summed E-state index contributed by atoms with van der Waals surface area (Å²) < 4.78 is 56.2. The first-order valence-corrected chi connectivity index (χ1v) is 50.5. The Morgan fingerprint density at radius 1 is 0.321 bits per heavy atom. The Hall–Kier alpha value is -11.2. The lowest BCUT2D eigenvalue weighted by molar-refractivity contribution is -0.144. The second-order valence-electron chi connectivity index (χ2n) is 40.6. The van der Waals surface area contributed by atoms with E-state index in [-0.39, 0.29) is 56.9 Å². The lowest BCUT2D eigenvalue weighted by Gasteiger charge is -2.40. The molecule has 3 aliphatic carbocycles. The van der Waals surface area contributed by atoms with Gasteiger partial charge in [0.15, 0.2) is 0 Å². The number of carbonyl (C=O) groups excluding carboxylic acids is 6. The number of methoxy groups -OCH3 is 1. The van der Waals surface area contributed by atoms with Crippen LogP contribution in [0.2, 0.25) is 0 Å². The Morgan fingerprint density at radius 2 is 0.599 bits per heavy atom. The summed E-state index contributed by atoms with van der Waals surface area (Å²) >= 11 is 0. The van der Waals surface area contributed by atoms with Crippen molar-refractivity contribution < 1.29 is 66.3 Å². The van der Waals surface area contributed by atoms with Gasteiger partial charge in [0.2, 0.25) is 17.7 Å². The number of nitrogens with zero attached hydrogens (tertiary/aromatic N) is 9. The summed E-state index contributed by atoms with van der Waals surface area (Å²) in [6, 6.07) is 66.4. The van der Waals surface area contributed by atoms with Crippen molar-refractivity contribution >= 4 is 46.9 Å². The number of anilines is 2. The lowest BCUT2D eigenvalue weighted by Crippen LogP contribution is -2.47. The number of hydrogen-bond acceptors (Lipinski definition) is 16. The Kier molecular flexibility index (Phi) is 28.4. The maximum atomic E-state index is 13.8. The predicted molar refractivity (Wildman–Crippen MR) is 524 cm³/mol.